The van der Waals surface area contributed by atoms with E-state index in [1.807, 2.05) is 0 Å². The van der Waals surface area contributed by atoms with Crippen molar-refractivity contribution in [2.75, 3.05) is 6.61 Å². The predicted molar refractivity (Wildman–Crippen MR) is 70.4 cm³/mol. The van der Waals surface area contributed by atoms with E-state index < -0.39 is 11.9 Å². The third kappa shape index (κ3) is 13.0. The number of carboxylic acids is 1. The van der Waals surface area contributed by atoms with Crippen LogP contribution >= 0.6 is 0 Å². The molecule has 4 heteroatoms. The van der Waals surface area contributed by atoms with Crippen molar-refractivity contribution < 1.29 is 19.4 Å². The molecular weight excluding hydrogens is 232 g/mol. The Morgan fingerprint density at radius 3 is 2.00 bits per heavy atom. The minimum Gasteiger partial charge on any atom is -0.481 e. The highest BCUT2D eigenvalue weighted by atomic mass is 16.5. The lowest BCUT2D eigenvalue weighted by atomic mass is 10.1. The lowest BCUT2D eigenvalue weighted by Gasteiger charge is -2.04. The molecule has 0 rings (SSSR count). The van der Waals surface area contributed by atoms with Crippen molar-refractivity contribution in [3.05, 3.63) is 0 Å². The molecule has 0 aromatic carbocycles. The summed E-state index contributed by atoms with van der Waals surface area (Å²) < 4.78 is 4.94. The van der Waals surface area contributed by atoms with E-state index >= 15 is 0 Å². The van der Waals surface area contributed by atoms with Crippen molar-refractivity contribution in [3.63, 3.8) is 0 Å². The Bertz CT molecular complexity index is 226. The maximum Gasteiger partial charge on any atom is 0.306 e. The van der Waals surface area contributed by atoms with Crippen LogP contribution in [0, 0.1) is 0 Å². The number of esters is 1. The van der Waals surface area contributed by atoms with E-state index in [4.69, 9.17) is 9.84 Å². The van der Waals surface area contributed by atoms with Crippen LogP contribution in [0.25, 0.3) is 0 Å². The molecule has 0 spiro atoms. The molecule has 0 aromatic rings. The number of aliphatic carboxylic acids is 1. The summed E-state index contributed by atoms with van der Waals surface area (Å²) in [5, 5.41) is 8.38. The van der Waals surface area contributed by atoms with Gasteiger partial charge in [-0.15, -0.1) is 0 Å². The molecule has 0 amide bonds. The van der Waals surface area contributed by atoms with Crippen LogP contribution in [0.1, 0.15) is 71.1 Å². The highest BCUT2D eigenvalue weighted by Gasteiger charge is 2.05. The second-order valence-electron chi connectivity index (χ2n) is 4.59. The van der Waals surface area contributed by atoms with Gasteiger partial charge in [-0.25, -0.2) is 0 Å². The second kappa shape index (κ2) is 12.4. The van der Waals surface area contributed by atoms with Gasteiger partial charge in [0.05, 0.1) is 19.4 Å². The molecule has 0 saturated heterocycles. The standard InChI is InChI=1S/C14H26O4/c1-2-3-4-5-6-7-8-9-12-18-14(17)11-10-13(15)16/h2-12H2,1H3,(H,15,16). The zero-order chi connectivity index (χ0) is 13.6. The molecular formula is C14H26O4. The van der Waals surface area contributed by atoms with E-state index in [1.165, 1.54) is 38.5 Å². The van der Waals surface area contributed by atoms with Crippen molar-refractivity contribution in [3.8, 4) is 0 Å². The van der Waals surface area contributed by atoms with E-state index in [0.717, 1.165) is 12.8 Å². The zero-order valence-corrected chi connectivity index (χ0v) is 11.5. The summed E-state index contributed by atoms with van der Waals surface area (Å²) in [6, 6.07) is 0. The van der Waals surface area contributed by atoms with Gasteiger partial charge in [0, 0.05) is 0 Å². The monoisotopic (exact) mass is 258 g/mol. The smallest absolute Gasteiger partial charge is 0.306 e. The van der Waals surface area contributed by atoms with Crippen LogP contribution in [0.5, 0.6) is 0 Å². The summed E-state index contributed by atoms with van der Waals surface area (Å²) in [6.07, 6.45) is 9.46. The molecule has 1 N–H and O–H groups in total. The van der Waals surface area contributed by atoms with Gasteiger partial charge in [-0.1, -0.05) is 51.9 Å². The van der Waals surface area contributed by atoms with Gasteiger partial charge in [-0.3, -0.25) is 9.59 Å². The van der Waals surface area contributed by atoms with Crippen molar-refractivity contribution in [2.24, 2.45) is 0 Å². The van der Waals surface area contributed by atoms with Crippen LogP contribution in [0.3, 0.4) is 0 Å². The molecule has 0 heterocycles. The summed E-state index contributed by atoms with van der Waals surface area (Å²) in [4.78, 5) is 21.3. The lowest BCUT2D eigenvalue weighted by Crippen LogP contribution is -2.08. The Balaban J connectivity index is 3.15. The Hall–Kier alpha value is -1.06. The molecule has 106 valence electrons. The molecule has 0 unspecified atom stereocenters. The number of carboxylic acid groups (broad SMARTS) is 1. The minimum absolute atomic E-state index is 0.0215. The average molecular weight is 258 g/mol. The highest BCUT2D eigenvalue weighted by Crippen LogP contribution is 2.08. The van der Waals surface area contributed by atoms with Crippen LogP contribution in [-0.2, 0) is 14.3 Å². The quantitative estimate of drug-likeness (QED) is 0.429. The normalized spacial score (nSPS) is 10.3. The lowest BCUT2D eigenvalue weighted by molar-refractivity contribution is -0.147. The van der Waals surface area contributed by atoms with Crippen molar-refractivity contribution >= 4 is 11.9 Å². The third-order valence-electron chi connectivity index (χ3n) is 2.80. The van der Waals surface area contributed by atoms with Gasteiger partial charge >= 0.3 is 11.9 Å². The van der Waals surface area contributed by atoms with Crippen LogP contribution < -0.4 is 0 Å². The first-order valence-electron chi connectivity index (χ1n) is 7.04. The Labute approximate surface area is 110 Å². The maximum atomic E-state index is 11.1. The summed E-state index contributed by atoms with van der Waals surface area (Å²) in [7, 11) is 0. The predicted octanol–water partition coefficient (Wildman–Crippen LogP) is 3.54. The molecule has 0 saturated carbocycles. The van der Waals surface area contributed by atoms with Crippen LogP contribution in [0.2, 0.25) is 0 Å². The number of unbranched alkanes of at least 4 members (excludes halogenated alkanes) is 7. The fourth-order valence-electron chi connectivity index (χ4n) is 1.70. The van der Waals surface area contributed by atoms with Gasteiger partial charge in [0.15, 0.2) is 0 Å². The number of carbonyl (C=O) groups excluding carboxylic acids is 1. The number of hydrogen-bond acceptors (Lipinski definition) is 3. The van der Waals surface area contributed by atoms with E-state index in [9.17, 15) is 9.59 Å². The zero-order valence-electron chi connectivity index (χ0n) is 11.5. The molecule has 0 fully saturated rings. The molecule has 18 heavy (non-hydrogen) atoms. The molecule has 0 aliphatic rings. The van der Waals surface area contributed by atoms with Crippen molar-refractivity contribution in [1.82, 2.24) is 0 Å². The van der Waals surface area contributed by atoms with Crippen LogP contribution in [0.4, 0.5) is 0 Å². The Morgan fingerprint density at radius 2 is 1.44 bits per heavy atom. The topological polar surface area (TPSA) is 63.6 Å². The van der Waals surface area contributed by atoms with Gasteiger partial charge in [-0.2, -0.15) is 0 Å². The first-order valence-corrected chi connectivity index (χ1v) is 7.04. The first-order chi connectivity index (χ1) is 8.66. The van der Waals surface area contributed by atoms with Gasteiger partial charge < -0.3 is 9.84 Å². The molecule has 0 atom stereocenters. The van der Waals surface area contributed by atoms with Crippen LogP contribution in [-0.4, -0.2) is 23.7 Å². The number of ether oxygens (including phenoxy) is 1. The van der Waals surface area contributed by atoms with Gasteiger partial charge in [-0.05, 0) is 6.42 Å². The number of rotatable bonds is 12. The SMILES string of the molecule is CCCCCCCCCCOC(=O)CCC(=O)O. The van der Waals surface area contributed by atoms with Gasteiger partial charge in [0.25, 0.3) is 0 Å². The minimum atomic E-state index is -0.959. The Morgan fingerprint density at radius 1 is 0.889 bits per heavy atom. The average Bonchev–Trinajstić information content (AvgIpc) is 2.34. The van der Waals surface area contributed by atoms with E-state index in [1.54, 1.807) is 0 Å². The first kappa shape index (κ1) is 16.9. The molecule has 4 nitrogen and oxygen atoms in total. The summed E-state index contributed by atoms with van der Waals surface area (Å²) in [6.45, 7) is 2.63. The molecule has 0 aliphatic heterocycles. The molecule has 0 radical (unpaired) electrons. The summed E-state index contributed by atoms with van der Waals surface area (Å²) >= 11 is 0. The largest absolute Gasteiger partial charge is 0.481 e. The van der Waals surface area contributed by atoms with Gasteiger partial charge in [0.2, 0.25) is 0 Å². The van der Waals surface area contributed by atoms with Crippen molar-refractivity contribution in [1.29, 1.82) is 0 Å². The Kier molecular flexibility index (Phi) is 11.7. The summed E-state index contributed by atoms with van der Waals surface area (Å²) in [5.74, 6) is -1.36. The van der Waals surface area contributed by atoms with E-state index in [-0.39, 0.29) is 12.8 Å². The summed E-state index contributed by atoms with van der Waals surface area (Å²) in [5.41, 5.74) is 0. The molecule has 0 bridgehead atoms. The highest BCUT2D eigenvalue weighted by molar-refractivity contribution is 5.76. The maximum absolute atomic E-state index is 11.1. The molecule has 0 aromatic heterocycles. The van der Waals surface area contributed by atoms with Gasteiger partial charge in [0.1, 0.15) is 0 Å². The van der Waals surface area contributed by atoms with E-state index in [0.29, 0.717) is 6.61 Å². The third-order valence-corrected chi connectivity index (χ3v) is 2.80. The second-order valence-corrected chi connectivity index (χ2v) is 4.59. The van der Waals surface area contributed by atoms with Crippen LogP contribution in [0.15, 0.2) is 0 Å². The molecule has 0 aliphatic carbocycles. The number of carbonyl (C=O) groups is 2. The van der Waals surface area contributed by atoms with Crippen molar-refractivity contribution in [2.45, 2.75) is 71.1 Å². The fraction of sp³-hybridized carbons (Fsp3) is 0.857. The fourth-order valence-corrected chi connectivity index (χ4v) is 1.70. The van der Waals surface area contributed by atoms with E-state index in [2.05, 4.69) is 6.92 Å². The number of hydrogen-bond donors (Lipinski definition) is 1.